The maximum atomic E-state index is 9.94. The number of aliphatic carboxylic acids is 1. The Morgan fingerprint density at radius 2 is 1.89 bits per heavy atom. The van der Waals surface area contributed by atoms with Crippen LogP contribution in [-0.2, 0) is 4.79 Å². The van der Waals surface area contributed by atoms with Crippen molar-refractivity contribution in [2.75, 3.05) is 7.05 Å². The fraction of sp³-hybridized carbons (Fsp3) is 0.786. The summed E-state index contributed by atoms with van der Waals surface area (Å²) in [5.74, 6) is 0.338. The molecule has 0 bridgehead atoms. The van der Waals surface area contributed by atoms with Gasteiger partial charge in [-0.2, -0.15) is 0 Å². The second-order valence-electron chi connectivity index (χ2n) is 4.68. The van der Waals surface area contributed by atoms with Crippen molar-refractivity contribution in [2.45, 2.75) is 58.8 Å². The Morgan fingerprint density at radius 1 is 1.42 bits per heavy atom. The first-order valence-corrected chi connectivity index (χ1v) is 6.81. The van der Waals surface area contributed by atoms with Gasteiger partial charge in [-0.15, -0.1) is 0 Å². The van der Waals surface area contributed by atoms with Gasteiger partial charge in [-0.05, 0) is 25.7 Å². The Kier molecular flexibility index (Phi) is 15.4. The summed E-state index contributed by atoms with van der Waals surface area (Å²) in [5, 5.41) is 17.0. The van der Waals surface area contributed by atoms with Crippen molar-refractivity contribution in [1.29, 1.82) is 0 Å². The van der Waals surface area contributed by atoms with Gasteiger partial charge < -0.3 is 5.11 Å². The summed E-state index contributed by atoms with van der Waals surface area (Å²) in [7, 11) is 0.889. The molecule has 0 spiro atoms. The number of hydrogen-bond donors (Lipinski definition) is 1. The third-order valence-electron chi connectivity index (χ3n) is 2.64. The molecule has 1 aliphatic carbocycles. The van der Waals surface area contributed by atoms with E-state index < -0.39 is 10.9 Å². The zero-order chi connectivity index (χ0) is 15.1. The molecule has 1 fully saturated rings. The molecule has 0 aromatic carbocycles. The smallest absolute Gasteiger partial charge is 0.303 e. The Morgan fingerprint density at radius 3 is 2.16 bits per heavy atom. The molecule has 1 rings (SSSR count). The van der Waals surface area contributed by atoms with E-state index in [9.17, 15) is 4.79 Å². The molecule has 1 saturated carbocycles. The lowest BCUT2D eigenvalue weighted by molar-refractivity contribution is -0.445. The van der Waals surface area contributed by atoms with Crippen LogP contribution in [-0.4, -0.2) is 23.0 Å². The number of nitro groups is 1. The van der Waals surface area contributed by atoms with Crippen LogP contribution in [0, 0.1) is 16.0 Å². The SMILES string of the molecule is C/C=C\CCCC(=O)O.CC1CCCC1.C[N+](=O)[O-]. The number of carbonyl (C=O) groups is 1. The molecule has 5 nitrogen and oxygen atoms in total. The van der Waals surface area contributed by atoms with E-state index >= 15 is 0 Å². The molecule has 0 saturated heterocycles. The highest BCUT2D eigenvalue weighted by Gasteiger charge is 2.07. The average Bonchev–Trinajstić information content (AvgIpc) is 2.75. The molecule has 1 aliphatic rings. The standard InChI is InChI=1S/C7H12O2.C6H12.CH3NO2/c1-2-3-4-5-6-7(8)9;1-6-4-2-3-5-6;1-2(3)4/h2-3H,4-6H2,1H3,(H,8,9);6H,2-5H2,1H3;1H3/b3-2-;;. The largest absolute Gasteiger partial charge is 0.481 e. The third kappa shape index (κ3) is 26.3. The second kappa shape index (κ2) is 14.7. The molecule has 0 amide bonds. The van der Waals surface area contributed by atoms with Gasteiger partial charge in [0.2, 0.25) is 0 Å². The second-order valence-corrected chi connectivity index (χ2v) is 4.68. The minimum Gasteiger partial charge on any atom is -0.481 e. The maximum absolute atomic E-state index is 9.94. The first-order valence-electron chi connectivity index (χ1n) is 6.81. The number of hydrogen-bond acceptors (Lipinski definition) is 3. The normalized spacial score (nSPS) is 14.3. The summed E-state index contributed by atoms with van der Waals surface area (Å²) < 4.78 is 0. The molecule has 0 aliphatic heterocycles. The van der Waals surface area contributed by atoms with Crippen molar-refractivity contribution in [3.05, 3.63) is 22.3 Å². The Bertz CT molecular complexity index is 254. The van der Waals surface area contributed by atoms with Crippen molar-refractivity contribution in [1.82, 2.24) is 0 Å². The van der Waals surface area contributed by atoms with Crippen molar-refractivity contribution in [2.24, 2.45) is 5.92 Å². The Hall–Kier alpha value is -1.39. The number of carboxylic acid groups (broad SMARTS) is 1. The average molecular weight is 273 g/mol. The van der Waals surface area contributed by atoms with Crippen LogP contribution < -0.4 is 0 Å². The number of unbranched alkanes of at least 4 members (excludes halogenated alkanes) is 1. The molecule has 0 unspecified atom stereocenters. The van der Waals surface area contributed by atoms with Gasteiger partial charge in [0.05, 0.1) is 0 Å². The van der Waals surface area contributed by atoms with Gasteiger partial charge in [0.15, 0.2) is 7.05 Å². The van der Waals surface area contributed by atoms with E-state index in [0.29, 0.717) is 0 Å². The summed E-state index contributed by atoms with van der Waals surface area (Å²) >= 11 is 0. The van der Waals surface area contributed by atoms with Crippen LogP contribution in [0.5, 0.6) is 0 Å². The Balaban J connectivity index is 0. The van der Waals surface area contributed by atoms with Gasteiger partial charge in [0.1, 0.15) is 0 Å². The Labute approximate surface area is 115 Å². The number of rotatable bonds is 4. The molecule has 112 valence electrons. The minimum absolute atomic E-state index is 0.282. The fourth-order valence-corrected chi connectivity index (χ4v) is 1.67. The molecule has 19 heavy (non-hydrogen) atoms. The molecule has 1 N–H and O–H groups in total. The summed E-state index contributed by atoms with van der Waals surface area (Å²) in [6.45, 7) is 4.27. The molecule has 0 radical (unpaired) electrons. The van der Waals surface area contributed by atoms with Crippen molar-refractivity contribution < 1.29 is 14.8 Å². The van der Waals surface area contributed by atoms with E-state index in [1.165, 1.54) is 25.7 Å². The third-order valence-corrected chi connectivity index (χ3v) is 2.64. The van der Waals surface area contributed by atoms with Crippen LogP contribution in [0.4, 0.5) is 0 Å². The summed E-state index contributed by atoms with van der Waals surface area (Å²) in [5.41, 5.74) is 0. The first-order chi connectivity index (χ1) is 8.90. The van der Waals surface area contributed by atoms with E-state index in [4.69, 9.17) is 15.2 Å². The maximum Gasteiger partial charge on any atom is 0.303 e. The van der Waals surface area contributed by atoms with Crippen LogP contribution >= 0.6 is 0 Å². The van der Waals surface area contributed by atoms with E-state index in [1.54, 1.807) is 0 Å². The summed E-state index contributed by atoms with van der Waals surface area (Å²) in [6.07, 6.45) is 11.8. The van der Waals surface area contributed by atoms with Crippen LogP contribution in [0.2, 0.25) is 0 Å². The topological polar surface area (TPSA) is 80.4 Å². The minimum atomic E-state index is -0.709. The van der Waals surface area contributed by atoms with Crippen molar-refractivity contribution in [3.8, 4) is 0 Å². The molecule has 0 aromatic heterocycles. The highest BCUT2D eigenvalue weighted by Crippen LogP contribution is 2.22. The molecule has 0 aromatic rings. The highest BCUT2D eigenvalue weighted by atomic mass is 16.6. The van der Waals surface area contributed by atoms with E-state index in [1.807, 2.05) is 19.1 Å². The lowest BCUT2D eigenvalue weighted by atomic mass is 10.2. The van der Waals surface area contributed by atoms with Gasteiger partial charge in [0.25, 0.3) is 0 Å². The van der Waals surface area contributed by atoms with Crippen molar-refractivity contribution in [3.63, 3.8) is 0 Å². The van der Waals surface area contributed by atoms with Crippen LogP contribution in [0.25, 0.3) is 0 Å². The van der Waals surface area contributed by atoms with Gasteiger partial charge in [-0.25, -0.2) is 0 Å². The lowest BCUT2D eigenvalue weighted by Crippen LogP contribution is -1.92. The number of allylic oxidation sites excluding steroid dienone is 2. The number of nitrogens with zero attached hydrogens (tertiary/aromatic N) is 1. The lowest BCUT2D eigenvalue weighted by Gasteiger charge is -1.91. The highest BCUT2D eigenvalue weighted by molar-refractivity contribution is 5.66. The van der Waals surface area contributed by atoms with E-state index in [-0.39, 0.29) is 6.42 Å². The summed E-state index contributed by atoms with van der Waals surface area (Å²) in [4.78, 5) is 18.2. The number of carboxylic acids is 1. The molecule has 0 atom stereocenters. The van der Waals surface area contributed by atoms with Gasteiger partial charge in [0, 0.05) is 11.3 Å². The first kappa shape index (κ1) is 19.9. The predicted octanol–water partition coefficient (Wildman–Crippen LogP) is 3.91. The van der Waals surface area contributed by atoms with E-state index in [0.717, 1.165) is 25.8 Å². The zero-order valence-corrected chi connectivity index (χ0v) is 12.3. The van der Waals surface area contributed by atoms with Crippen LogP contribution in [0.15, 0.2) is 12.2 Å². The van der Waals surface area contributed by atoms with Crippen LogP contribution in [0.1, 0.15) is 58.8 Å². The molecular weight excluding hydrogens is 246 g/mol. The predicted molar refractivity (Wildman–Crippen MR) is 76.9 cm³/mol. The molecule has 0 heterocycles. The van der Waals surface area contributed by atoms with Crippen molar-refractivity contribution >= 4 is 5.97 Å². The van der Waals surface area contributed by atoms with Gasteiger partial charge in [-0.3, -0.25) is 14.9 Å². The fourth-order valence-electron chi connectivity index (χ4n) is 1.67. The van der Waals surface area contributed by atoms with Gasteiger partial charge >= 0.3 is 5.97 Å². The summed E-state index contributed by atoms with van der Waals surface area (Å²) in [6, 6.07) is 0. The zero-order valence-electron chi connectivity index (χ0n) is 12.3. The van der Waals surface area contributed by atoms with E-state index in [2.05, 4.69) is 6.92 Å². The molecule has 5 heteroatoms. The monoisotopic (exact) mass is 273 g/mol. The quantitative estimate of drug-likeness (QED) is 0.364. The molecular formula is C14H27NO4. The van der Waals surface area contributed by atoms with Crippen LogP contribution in [0.3, 0.4) is 0 Å². The van der Waals surface area contributed by atoms with Gasteiger partial charge in [-0.1, -0.05) is 44.8 Å².